The van der Waals surface area contributed by atoms with Gasteiger partial charge in [0.1, 0.15) is 5.82 Å². The van der Waals surface area contributed by atoms with E-state index < -0.39 is 23.2 Å². The van der Waals surface area contributed by atoms with E-state index in [1.165, 1.54) is 17.2 Å². The lowest BCUT2D eigenvalue weighted by Gasteiger charge is -2.23. The number of carbonyl (C=O) groups is 1. The van der Waals surface area contributed by atoms with Crippen LogP contribution < -0.4 is 5.32 Å². The number of rotatable bonds is 4. The summed E-state index contributed by atoms with van der Waals surface area (Å²) in [5.74, 6) is -1.68. The molecule has 2 aromatic carbocycles. The molecule has 9 heteroatoms. The normalized spacial score (nSPS) is 11.8. The molecule has 3 aromatic rings. The molecule has 1 heterocycles. The Morgan fingerprint density at radius 3 is 2.47 bits per heavy atom. The van der Waals surface area contributed by atoms with Crippen LogP contribution in [0.4, 0.5) is 29.1 Å². The van der Waals surface area contributed by atoms with E-state index in [-0.39, 0.29) is 28.4 Å². The van der Waals surface area contributed by atoms with Gasteiger partial charge in [0.2, 0.25) is 0 Å². The van der Waals surface area contributed by atoms with E-state index >= 15 is 0 Å². The van der Waals surface area contributed by atoms with E-state index in [4.69, 9.17) is 11.6 Å². The third-order valence-corrected chi connectivity index (χ3v) is 5.06. The van der Waals surface area contributed by atoms with Crippen LogP contribution in [0.25, 0.3) is 10.8 Å². The number of fused-ring (bicyclic) bond motifs is 1. The van der Waals surface area contributed by atoms with Crippen molar-refractivity contribution in [3.05, 3.63) is 64.6 Å². The molecule has 158 valence electrons. The summed E-state index contributed by atoms with van der Waals surface area (Å²) in [5.41, 5.74) is -1.54. The van der Waals surface area contributed by atoms with Gasteiger partial charge >= 0.3 is 6.18 Å². The lowest BCUT2D eigenvalue weighted by Crippen LogP contribution is -2.33. The molecule has 1 amide bonds. The van der Waals surface area contributed by atoms with Gasteiger partial charge in [-0.3, -0.25) is 4.79 Å². The molecule has 0 aliphatic heterocycles. The maximum Gasteiger partial charge on any atom is 0.419 e. The average molecular weight is 440 g/mol. The topological polar surface area (TPSA) is 45.2 Å². The fraction of sp³-hybridized carbons (Fsp3) is 0.238. The number of alkyl halides is 3. The average Bonchev–Trinajstić information content (AvgIpc) is 2.68. The number of anilines is 2. The molecule has 30 heavy (non-hydrogen) atoms. The van der Waals surface area contributed by atoms with Crippen molar-refractivity contribution < 1.29 is 22.4 Å². The Balaban J connectivity index is 2.14. The highest BCUT2D eigenvalue weighted by molar-refractivity contribution is 6.37. The maximum absolute atomic E-state index is 14.4. The van der Waals surface area contributed by atoms with Crippen molar-refractivity contribution in [2.75, 3.05) is 12.4 Å². The van der Waals surface area contributed by atoms with Gasteiger partial charge in [-0.15, -0.1) is 0 Å². The number of halogens is 5. The smallest absolute Gasteiger partial charge is 0.339 e. The second-order valence-corrected chi connectivity index (χ2v) is 7.39. The fourth-order valence-corrected chi connectivity index (χ4v) is 3.20. The van der Waals surface area contributed by atoms with Crippen LogP contribution in [0.15, 0.2) is 42.6 Å². The van der Waals surface area contributed by atoms with Gasteiger partial charge in [-0.1, -0.05) is 29.8 Å². The van der Waals surface area contributed by atoms with Crippen LogP contribution in [0.1, 0.15) is 29.8 Å². The Kier molecular flexibility index (Phi) is 5.90. The van der Waals surface area contributed by atoms with Gasteiger partial charge in [0.25, 0.3) is 5.91 Å². The summed E-state index contributed by atoms with van der Waals surface area (Å²) < 4.78 is 53.5. The lowest BCUT2D eigenvalue weighted by atomic mass is 10.0. The van der Waals surface area contributed by atoms with Gasteiger partial charge in [-0.2, -0.15) is 13.2 Å². The van der Waals surface area contributed by atoms with Crippen molar-refractivity contribution in [2.45, 2.75) is 26.1 Å². The second kappa shape index (κ2) is 8.10. The summed E-state index contributed by atoms with van der Waals surface area (Å²) in [7, 11) is 1.64. The minimum Gasteiger partial charge on any atom is -0.339 e. The molecule has 0 spiro atoms. The fourth-order valence-electron chi connectivity index (χ4n) is 2.92. The van der Waals surface area contributed by atoms with E-state index in [1.54, 1.807) is 25.2 Å². The van der Waals surface area contributed by atoms with E-state index in [0.717, 1.165) is 6.07 Å². The summed E-state index contributed by atoms with van der Waals surface area (Å²) >= 11 is 6.33. The first-order valence-corrected chi connectivity index (χ1v) is 9.37. The van der Waals surface area contributed by atoms with Gasteiger partial charge in [0.15, 0.2) is 5.82 Å². The van der Waals surface area contributed by atoms with Gasteiger partial charge in [-0.25, -0.2) is 9.37 Å². The van der Waals surface area contributed by atoms with Gasteiger partial charge in [0.05, 0.1) is 16.8 Å². The second-order valence-electron chi connectivity index (χ2n) is 6.98. The summed E-state index contributed by atoms with van der Waals surface area (Å²) in [6, 6.07) is 7.66. The Bertz CT molecular complexity index is 1120. The highest BCUT2D eigenvalue weighted by Gasteiger charge is 2.35. The predicted molar refractivity (Wildman–Crippen MR) is 109 cm³/mol. The van der Waals surface area contributed by atoms with Gasteiger partial charge < -0.3 is 10.2 Å². The third kappa shape index (κ3) is 4.05. The van der Waals surface area contributed by atoms with Crippen LogP contribution in [-0.2, 0) is 6.18 Å². The Labute approximate surface area is 175 Å². The number of pyridine rings is 1. The van der Waals surface area contributed by atoms with Crippen molar-refractivity contribution in [1.29, 1.82) is 0 Å². The number of benzene rings is 2. The van der Waals surface area contributed by atoms with Crippen LogP contribution in [0, 0.1) is 5.82 Å². The molecule has 0 bridgehead atoms. The minimum absolute atomic E-state index is 0.0768. The Morgan fingerprint density at radius 2 is 1.83 bits per heavy atom. The molecule has 0 saturated carbocycles. The van der Waals surface area contributed by atoms with Gasteiger partial charge in [0, 0.05) is 35.1 Å². The molecular formula is C21H18ClF4N3O. The van der Waals surface area contributed by atoms with Crippen molar-refractivity contribution >= 4 is 39.8 Å². The number of hydrogen-bond acceptors (Lipinski definition) is 3. The van der Waals surface area contributed by atoms with Crippen LogP contribution in [0.2, 0.25) is 5.02 Å². The molecule has 0 radical (unpaired) electrons. The number of aromatic nitrogens is 1. The van der Waals surface area contributed by atoms with E-state index in [0.29, 0.717) is 16.8 Å². The monoisotopic (exact) mass is 439 g/mol. The number of carbonyl (C=O) groups excluding carboxylic acids is 1. The van der Waals surface area contributed by atoms with E-state index in [9.17, 15) is 22.4 Å². The van der Waals surface area contributed by atoms with Crippen molar-refractivity contribution in [3.8, 4) is 0 Å². The number of nitrogens with zero attached hydrogens (tertiary/aromatic N) is 2. The predicted octanol–water partition coefficient (Wildman–Crippen LogP) is 6.27. The largest absolute Gasteiger partial charge is 0.419 e. The molecule has 0 unspecified atom stereocenters. The first-order chi connectivity index (χ1) is 14.0. The standard InChI is InChI=1S/C21H18ClF4N3O/c1-11(2)29(3)20(30)13-10-27-19(12-6-4-8-15(22)17(12)13)28-16-9-5-7-14(18(16)23)21(24,25)26/h4-11H,1-3H3,(H,27,28). The van der Waals surface area contributed by atoms with Crippen molar-refractivity contribution in [3.63, 3.8) is 0 Å². The molecule has 0 saturated heterocycles. The first-order valence-electron chi connectivity index (χ1n) is 8.99. The van der Waals surface area contributed by atoms with Crippen LogP contribution in [-0.4, -0.2) is 28.9 Å². The number of amides is 1. The van der Waals surface area contributed by atoms with Crippen molar-refractivity contribution in [1.82, 2.24) is 9.88 Å². The van der Waals surface area contributed by atoms with Crippen molar-refractivity contribution in [2.24, 2.45) is 0 Å². The summed E-state index contributed by atoms with van der Waals surface area (Å²) in [6.07, 6.45) is -3.55. The maximum atomic E-state index is 14.4. The van der Waals surface area contributed by atoms with Crippen LogP contribution in [0.5, 0.6) is 0 Å². The molecule has 3 rings (SSSR count). The third-order valence-electron chi connectivity index (χ3n) is 4.74. The summed E-state index contributed by atoms with van der Waals surface area (Å²) in [4.78, 5) is 18.5. The highest BCUT2D eigenvalue weighted by Crippen LogP contribution is 2.37. The Morgan fingerprint density at radius 1 is 1.17 bits per heavy atom. The Hall–Kier alpha value is -2.87. The van der Waals surface area contributed by atoms with Crippen LogP contribution >= 0.6 is 11.6 Å². The SMILES string of the molecule is CC(C)N(C)C(=O)c1cnc(Nc2cccc(C(F)(F)F)c2F)c2cccc(Cl)c12. The molecule has 0 aliphatic rings. The molecule has 0 aliphatic carbocycles. The minimum atomic E-state index is -4.84. The van der Waals surface area contributed by atoms with E-state index in [2.05, 4.69) is 10.3 Å². The summed E-state index contributed by atoms with van der Waals surface area (Å²) in [5, 5.41) is 3.62. The first kappa shape index (κ1) is 21.8. The summed E-state index contributed by atoms with van der Waals surface area (Å²) in [6.45, 7) is 3.70. The molecule has 1 N–H and O–H groups in total. The zero-order valence-electron chi connectivity index (χ0n) is 16.3. The molecule has 0 atom stereocenters. The lowest BCUT2D eigenvalue weighted by molar-refractivity contribution is -0.139. The number of hydrogen-bond donors (Lipinski definition) is 1. The zero-order valence-corrected chi connectivity index (χ0v) is 17.1. The van der Waals surface area contributed by atoms with Crippen LogP contribution in [0.3, 0.4) is 0 Å². The highest BCUT2D eigenvalue weighted by atomic mass is 35.5. The zero-order chi connectivity index (χ0) is 22.2. The molecule has 4 nitrogen and oxygen atoms in total. The number of nitrogens with one attached hydrogen (secondary N) is 1. The van der Waals surface area contributed by atoms with E-state index in [1.807, 2.05) is 13.8 Å². The quantitative estimate of drug-likeness (QED) is 0.487. The van der Waals surface area contributed by atoms with Gasteiger partial charge in [-0.05, 0) is 32.0 Å². The molecule has 1 aromatic heterocycles. The molecular weight excluding hydrogens is 422 g/mol. The molecule has 0 fully saturated rings.